The largest absolute Gasteiger partial charge is 0.490 e. The van der Waals surface area contributed by atoms with E-state index in [4.69, 9.17) is 21.1 Å². The van der Waals surface area contributed by atoms with Crippen molar-refractivity contribution in [1.82, 2.24) is 9.78 Å². The van der Waals surface area contributed by atoms with Gasteiger partial charge in [0.2, 0.25) is 0 Å². The summed E-state index contributed by atoms with van der Waals surface area (Å²) >= 11 is 5.84. The fraction of sp³-hybridized carbons (Fsp3) is 0.400. The summed E-state index contributed by atoms with van der Waals surface area (Å²) < 4.78 is 13.3. The van der Waals surface area contributed by atoms with Crippen LogP contribution in [0.25, 0.3) is 0 Å². The van der Waals surface area contributed by atoms with Gasteiger partial charge >= 0.3 is 0 Å². The third-order valence-electron chi connectivity index (χ3n) is 2.94. The summed E-state index contributed by atoms with van der Waals surface area (Å²) in [4.78, 5) is 0. The molecule has 0 N–H and O–H groups in total. The van der Waals surface area contributed by atoms with Gasteiger partial charge in [0.25, 0.3) is 0 Å². The van der Waals surface area contributed by atoms with Crippen LogP contribution in [0.15, 0.2) is 24.3 Å². The minimum absolute atomic E-state index is 0.456. The lowest BCUT2D eigenvalue weighted by Gasteiger charge is -2.13. The smallest absolute Gasteiger partial charge is 0.161 e. The Kier molecular flexibility index (Phi) is 4.90. The molecule has 0 atom stereocenters. The molecule has 0 saturated heterocycles. The molecule has 0 radical (unpaired) electrons. The van der Waals surface area contributed by atoms with E-state index in [9.17, 15) is 0 Å². The minimum atomic E-state index is 0.456. The van der Waals surface area contributed by atoms with E-state index in [1.165, 1.54) is 0 Å². The van der Waals surface area contributed by atoms with E-state index in [2.05, 4.69) is 5.10 Å². The zero-order valence-corrected chi connectivity index (χ0v) is 12.8. The minimum Gasteiger partial charge on any atom is -0.490 e. The van der Waals surface area contributed by atoms with E-state index in [-0.39, 0.29) is 0 Å². The van der Waals surface area contributed by atoms with Crippen LogP contribution < -0.4 is 9.47 Å². The van der Waals surface area contributed by atoms with Crippen molar-refractivity contribution in [1.29, 1.82) is 0 Å². The molecule has 0 aliphatic heterocycles. The first-order valence-corrected chi connectivity index (χ1v) is 7.11. The number of nitrogens with zero attached hydrogens (tertiary/aromatic N) is 2. The van der Waals surface area contributed by atoms with Gasteiger partial charge in [0.05, 0.1) is 18.0 Å². The number of alkyl halides is 1. The van der Waals surface area contributed by atoms with Crippen LogP contribution in [0.3, 0.4) is 0 Å². The summed E-state index contributed by atoms with van der Waals surface area (Å²) in [6, 6.07) is 7.76. The van der Waals surface area contributed by atoms with Crippen molar-refractivity contribution in [2.24, 2.45) is 7.05 Å². The van der Waals surface area contributed by atoms with Crippen molar-refractivity contribution in [3.8, 4) is 11.5 Å². The predicted octanol–water partition coefficient (Wildman–Crippen LogP) is 3.45. The number of aromatic nitrogens is 2. The molecular weight excluding hydrogens is 276 g/mol. The lowest BCUT2D eigenvalue weighted by molar-refractivity contribution is 0.262. The van der Waals surface area contributed by atoms with Crippen LogP contribution in [0.5, 0.6) is 11.5 Å². The normalized spacial score (nSPS) is 10.6. The molecule has 0 aliphatic carbocycles. The van der Waals surface area contributed by atoms with Gasteiger partial charge in [0, 0.05) is 12.9 Å². The predicted molar refractivity (Wildman–Crippen MR) is 79.4 cm³/mol. The molecule has 108 valence electrons. The molecule has 0 unspecified atom stereocenters. The SMILES string of the molecule is CCOc1cc(CCl)ccc1OCc1cc(C)nn1C. The monoisotopic (exact) mass is 294 g/mol. The van der Waals surface area contributed by atoms with Gasteiger partial charge in [-0.25, -0.2) is 0 Å². The molecule has 0 spiro atoms. The van der Waals surface area contributed by atoms with Crippen LogP contribution in [0, 0.1) is 6.92 Å². The van der Waals surface area contributed by atoms with Gasteiger partial charge in [-0.05, 0) is 37.6 Å². The fourth-order valence-corrected chi connectivity index (χ4v) is 2.14. The molecule has 0 saturated carbocycles. The summed E-state index contributed by atoms with van der Waals surface area (Å²) in [5, 5.41) is 4.30. The Morgan fingerprint density at radius 1 is 1.20 bits per heavy atom. The van der Waals surface area contributed by atoms with E-state index < -0.39 is 0 Å². The maximum Gasteiger partial charge on any atom is 0.161 e. The standard InChI is InChI=1S/C15H19ClN2O2/c1-4-19-15-8-12(9-16)5-6-14(15)20-10-13-7-11(2)17-18(13)3/h5-8H,4,9-10H2,1-3H3. The Morgan fingerprint density at radius 3 is 2.60 bits per heavy atom. The van der Waals surface area contributed by atoms with Gasteiger partial charge in [-0.1, -0.05) is 6.07 Å². The Labute approximate surface area is 124 Å². The topological polar surface area (TPSA) is 36.3 Å². The Morgan fingerprint density at radius 2 is 2.00 bits per heavy atom. The first-order valence-electron chi connectivity index (χ1n) is 6.58. The average Bonchev–Trinajstić information content (AvgIpc) is 2.76. The van der Waals surface area contributed by atoms with Crippen LogP contribution in [0.1, 0.15) is 23.9 Å². The van der Waals surface area contributed by atoms with Gasteiger partial charge < -0.3 is 9.47 Å². The second-order valence-corrected chi connectivity index (χ2v) is 4.80. The molecule has 2 aromatic rings. The molecule has 4 nitrogen and oxygen atoms in total. The highest BCUT2D eigenvalue weighted by atomic mass is 35.5. The van der Waals surface area contributed by atoms with Gasteiger partial charge in [0.15, 0.2) is 11.5 Å². The zero-order valence-electron chi connectivity index (χ0n) is 12.0. The first-order chi connectivity index (χ1) is 9.63. The highest BCUT2D eigenvalue weighted by Crippen LogP contribution is 2.29. The fourth-order valence-electron chi connectivity index (χ4n) is 1.97. The van der Waals surface area contributed by atoms with E-state index in [1.807, 2.05) is 49.8 Å². The third kappa shape index (κ3) is 3.45. The molecule has 2 rings (SSSR count). The second kappa shape index (κ2) is 6.66. The van der Waals surface area contributed by atoms with E-state index in [0.717, 1.165) is 28.5 Å². The number of hydrogen-bond donors (Lipinski definition) is 0. The Bertz CT molecular complexity index is 581. The van der Waals surface area contributed by atoms with E-state index in [0.29, 0.717) is 19.1 Å². The number of aryl methyl sites for hydroxylation is 2. The van der Waals surface area contributed by atoms with Crippen molar-refractivity contribution < 1.29 is 9.47 Å². The van der Waals surface area contributed by atoms with Crippen LogP contribution in [0.2, 0.25) is 0 Å². The quantitative estimate of drug-likeness (QED) is 0.766. The van der Waals surface area contributed by atoms with Crippen molar-refractivity contribution in [2.45, 2.75) is 26.3 Å². The van der Waals surface area contributed by atoms with Gasteiger partial charge in [-0.3, -0.25) is 4.68 Å². The number of ether oxygens (including phenoxy) is 2. The molecule has 20 heavy (non-hydrogen) atoms. The molecule has 1 aromatic heterocycles. The van der Waals surface area contributed by atoms with Crippen LogP contribution in [0.4, 0.5) is 0 Å². The summed E-state index contributed by atoms with van der Waals surface area (Å²) in [6.07, 6.45) is 0. The molecule has 1 heterocycles. The van der Waals surface area contributed by atoms with Crippen LogP contribution in [-0.2, 0) is 19.5 Å². The maximum absolute atomic E-state index is 5.84. The highest BCUT2D eigenvalue weighted by molar-refractivity contribution is 6.17. The lowest BCUT2D eigenvalue weighted by Crippen LogP contribution is -2.04. The number of rotatable bonds is 6. The number of halogens is 1. The van der Waals surface area contributed by atoms with Crippen molar-refractivity contribution in [3.05, 3.63) is 41.2 Å². The number of hydrogen-bond acceptors (Lipinski definition) is 3. The summed E-state index contributed by atoms with van der Waals surface area (Å²) in [5.41, 5.74) is 3.01. The zero-order chi connectivity index (χ0) is 14.5. The summed E-state index contributed by atoms with van der Waals surface area (Å²) in [5.74, 6) is 1.91. The van der Waals surface area contributed by atoms with E-state index in [1.54, 1.807) is 0 Å². The molecule has 0 amide bonds. The molecule has 0 fully saturated rings. The average molecular weight is 295 g/mol. The van der Waals surface area contributed by atoms with Gasteiger partial charge in [-0.2, -0.15) is 5.10 Å². The molecular formula is C15H19ClN2O2. The highest BCUT2D eigenvalue weighted by Gasteiger charge is 2.08. The van der Waals surface area contributed by atoms with Gasteiger partial charge in [0.1, 0.15) is 6.61 Å². The Balaban J connectivity index is 2.14. The lowest BCUT2D eigenvalue weighted by atomic mass is 10.2. The third-order valence-corrected chi connectivity index (χ3v) is 3.25. The van der Waals surface area contributed by atoms with Crippen molar-refractivity contribution >= 4 is 11.6 Å². The van der Waals surface area contributed by atoms with Crippen molar-refractivity contribution in [2.75, 3.05) is 6.61 Å². The van der Waals surface area contributed by atoms with E-state index >= 15 is 0 Å². The molecule has 0 aliphatic rings. The molecule has 5 heteroatoms. The summed E-state index contributed by atoms with van der Waals surface area (Å²) in [6.45, 7) is 4.95. The Hall–Kier alpha value is -1.68. The number of benzene rings is 1. The van der Waals surface area contributed by atoms with Gasteiger partial charge in [-0.15, -0.1) is 11.6 Å². The molecule has 1 aromatic carbocycles. The van der Waals surface area contributed by atoms with Crippen LogP contribution >= 0.6 is 11.6 Å². The first kappa shape index (κ1) is 14.7. The maximum atomic E-state index is 5.84. The second-order valence-electron chi connectivity index (χ2n) is 4.54. The summed E-state index contributed by atoms with van der Waals surface area (Å²) in [7, 11) is 1.91. The van der Waals surface area contributed by atoms with Crippen molar-refractivity contribution in [3.63, 3.8) is 0 Å². The molecule has 0 bridgehead atoms. The van der Waals surface area contributed by atoms with Crippen LogP contribution in [-0.4, -0.2) is 16.4 Å².